The molecule has 0 saturated carbocycles. The fourth-order valence-electron chi connectivity index (χ4n) is 1.17. The molecule has 1 atom stereocenters. The topological polar surface area (TPSA) is 83.6 Å². The molecule has 0 aromatic heterocycles. The number of hydrogen-bond donors (Lipinski definition) is 3. The molecule has 1 rings (SSSR count). The van der Waals surface area contributed by atoms with Gasteiger partial charge in [-0.3, -0.25) is 4.79 Å². The summed E-state index contributed by atoms with van der Waals surface area (Å²) in [5, 5.41) is 18.6. The summed E-state index contributed by atoms with van der Waals surface area (Å²) in [6.45, 7) is 1.40. The first-order chi connectivity index (χ1) is 6.92. The minimum absolute atomic E-state index is 0.195. The van der Waals surface area contributed by atoms with Gasteiger partial charge >= 0.3 is 0 Å². The molecule has 1 aromatic rings. The molecular formula is C11H15NO3. The van der Waals surface area contributed by atoms with Crippen LogP contribution in [0.3, 0.4) is 0 Å². The molecule has 15 heavy (non-hydrogen) atoms. The molecule has 4 N–H and O–H groups in total. The number of carbonyl (C=O) groups excluding carboxylic acids is 1. The van der Waals surface area contributed by atoms with Crippen molar-refractivity contribution in [2.24, 2.45) is 5.73 Å². The highest BCUT2D eigenvalue weighted by Gasteiger charge is 2.26. The molecule has 0 aliphatic rings. The lowest BCUT2D eigenvalue weighted by molar-refractivity contribution is -0.135. The summed E-state index contributed by atoms with van der Waals surface area (Å²) in [6.07, 6.45) is 0.809. The van der Waals surface area contributed by atoms with Gasteiger partial charge in [-0.1, -0.05) is 12.1 Å². The van der Waals surface area contributed by atoms with Crippen molar-refractivity contribution >= 4 is 5.91 Å². The monoisotopic (exact) mass is 209 g/mol. The summed E-state index contributed by atoms with van der Waals surface area (Å²) >= 11 is 0. The van der Waals surface area contributed by atoms with E-state index >= 15 is 0 Å². The first kappa shape index (κ1) is 11.5. The van der Waals surface area contributed by atoms with E-state index < -0.39 is 11.5 Å². The van der Waals surface area contributed by atoms with Gasteiger partial charge < -0.3 is 15.9 Å². The SMILES string of the molecule is CC(O)(CCc1ccc(O)cc1)C(N)=O. The molecular weight excluding hydrogens is 194 g/mol. The minimum atomic E-state index is -1.47. The molecule has 0 bridgehead atoms. The van der Waals surface area contributed by atoms with Crippen LogP contribution in [0.2, 0.25) is 0 Å². The molecule has 1 unspecified atom stereocenters. The van der Waals surface area contributed by atoms with E-state index in [4.69, 9.17) is 10.8 Å². The second-order valence-corrected chi connectivity index (χ2v) is 3.80. The van der Waals surface area contributed by atoms with E-state index in [0.29, 0.717) is 6.42 Å². The molecule has 0 radical (unpaired) electrons. The van der Waals surface area contributed by atoms with Gasteiger partial charge in [-0.25, -0.2) is 0 Å². The minimum Gasteiger partial charge on any atom is -0.508 e. The standard InChI is InChI=1S/C11H15NO3/c1-11(15,10(12)14)7-6-8-2-4-9(13)5-3-8/h2-5,13,15H,6-7H2,1H3,(H2,12,14). The van der Waals surface area contributed by atoms with E-state index in [2.05, 4.69) is 0 Å². The zero-order chi connectivity index (χ0) is 11.5. The summed E-state index contributed by atoms with van der Waals surface area (Å²) in [4.78, 5) is 10.8. The van der Waals surface area contributed by atoms with Gasteiger partial charge in [0.2, 0.25) is 5.91 Å². The summed E-state index contributed by atoms with van der Waals surface area (Å²) < 4.78 is 0. The maximum Gasteiger partial charge on any atom is 0.249 e. The van der Waals surface area contributed by atoms with Crippen molar-refractivity contribution < 1.29 is 15.0 Å². The van der Waals surface area contributed by atoms with Crippen LogP contribution in [0.5, 0.6) is 5.75 Å². The third kappa shape index (κ3) is 3.25. The predicted molar refractivity (Wildman–Crippen MR) is 56.2 cm³/mol. The maximum atomic E-state index is 10.8. The third-order valence-corrected chi connectivity index (χ3v) is 2.37. The summed E-state index contributed by atoms with van der Waals surface area (Å²) in [5.41, 5.74) is 4.49. The van der Waals surface area contributed by atoms with Gasteiger partial charge in [0.25, 0.3) is 0 Å². The Hall–Kier alpha value is -1.55. The third-order valence-electron chi connectivity index (χ3n) is 2.37. The lowest BCUT2D eigenvalue weighted by Crippen LogP contribution is -2.41. The molecule has 0 spiro atoms. The van der Waals surface area contributed by atoms with Gasteiger partial charge in [-0.15, -0.1) is 0 Å². The Morgan fingerprint density at radius 2 is 1.93 bits per heavy atom. The molecule has 0 fully saturated rings. The number of nitrogens with two attached hydrogens (primary N) is 1. The maximum absolute atomic E-state index is 10.8. The molecule has 1 aromatic carbocycles. The molecule has 0 heterocycles. The first-order valence-corrected chi connectivity index (χ1v) is 4.72. The van der Waals surface area contributed by atoms with Gasteiger partial charge in [0.15, 0.2) is 0 Å². The highest BCUT2D eigenvalue weighted by atomic mass is 16.3. The Bertz CT molecular complexity index is 343. The Morgan fingerprint density at radius 3 is 2.40 bits per heavy atom. The number of phenolic OH excluding ortho intramolecular Hbond substituents is 1. The highest BCUT2D eigenvalue weighted by molar-refractivity contribution is 5.82. The Kier molecular flexibility index (Phi) is 3.31. The van der Waals surface area contributed by atoms with Crippen LogP contribution < -0.4 is 5.73 Å². The Labute approximate surface area is 88.3 Å². The van der Waals surface area contributed by atoms with Crippen LogP contribution in [-0.4, -0.2) is 21.7 Å². The number of benzene rings is 1. The van der Waals surface area contributed by atoms with E-state index in [1.54, 1.807) is 24.3 Å². The highest BCUT2D eigenvalue weighted by Crippen LogP contribution is 2.16. The van der Waals surface area contributed by atoms with Gasteiger partial charge in [0.05, 0.1) is 0 Å². The number of carbonyl (C=O) groups is 1. The fourth-order valence-corrected chi connectivity index (χ4v) is 1.17. The molecule has 0 aliphatic carbocycles. The number of rotatable bonds is 4. The summed E-state index contributed by atoms with van der Waals surface area (Å²) in [5.74, 6) is -0.526. The predicted octanol–water partition coefficient (Wildman–Crippen LogP) is 0.561. The zero-order valence-corrected chi connectivity index (χ0v) is 8.60. The van der Waals surface area contributed by atoms with Gasteiger partial charge in [-0.2, -0.15) is 0 Å². The number of amides is 1. The fraction of sp³-hybridized carbons (Fsp3) is 0.364. The van der Waals surface area contributed by atoms with Crippen molar-refractivity contribution in [1.29, 1.82) is 0 Å². The van der Waals surface area contributed by atoms with Crippen molar-refractivity contribution in [2.45, 2.75) is 25.4 Å². The van der Waals surface area contributed by atoms with E-state index in [1.165, 1.54) is 6.92 Å². The van der Waals surface area contributed by atoms with Crippen LogP contribution >= 0.6 is 0 Å². The number of primary amides is 1. The summed E-state index contributed by atoms with van der Waals surface area (Å²) in [7, 11) is 0. The smallest absolute Gasteiger partial charge is 0.249 e. The Balaban J connectivity index is 2.57. The second kappa shape index (κ2) is 4.31. The molecule has 4 nitrogen and oxygen atoms in total. The number of hydrogen-bond acceptors (Lipinski definition) is 3. The van der Waals surface area contributed by atoms with E-state index in [9.17, 15) is 9.90 Å². The Morgan fingerprint density at radius 1 is 1.40 bits per heavy atom. The van der Waals surface area contributed by atoms with Crippen LogP contribution in [0.4, 0.5) is 0 Å². The van der Waals surface area contributed by atoms with Crippen molar-refractivity contribution in [3.63, 3.8) is 0 Å². The zero-order valence-electron chi connectivity index (χ0n) is 8.60. The normalized spacial score (nSPS) is 14.5. The number of phenols is 1. The van der Waals surface area contributed by atoms with E-state index in [-0.39, 0.29) is 12.2 Å². The lowest BCUT2D eigenvalue weighted by atomic mass is 9.96. The average Bonchev–Trinajstić information content (AvgIpc) is 2.17. The molecule has 82 valence electrons. The number of aryl methyl sites for hydroxylation is 1. The lowest BCUT2D eigenvalue weighted by Gasteiger charge is -2.18. The van der Waals surface area contributed by atoms with Crippen molar-refractivity contribution in [1.82, 2.24) is 0 Å². The first-order valence-electron chi connectivity index (χ1n) is 4.72. The molecule has 0 saturated heterocycles. The number of aliphatic hydroxyl groups is 1. The van der Waals surface area contributed by atoms with Crippen molar-refractivity contribution in [3.8, 4) is 5.75 Å². The molecule has 1 amide bonds. The van der Waals surface area contributed by atoms with Crippen LogP contribution in [-0.2, 0) is 11.2 Å². The average molecular weight is 209 g/mol. The number of aromatic hydroxyl groups is 1. The van der Waals surface area contributed by atoms with Crippen LogP contribution in [0.25, 0.3) is 0 Å². The van der Waals surface area contributed by atoms with E-state index in [1.807, 2.05) is 0 Å². The van der Waals surface area contributed by atoms with Crippen molar-refractivity contribution in [2.75, 3.05) is 0 Å². The van der Waals surface area contributed by atoms with Gasteiger partial charge in [0, 0.05) is 0 Å². The molecule has 4 heteroatoms. The van der Waals surface area contributed by atoms with Crippen LogP contribution in [0.15, 0.2) is 24.3 Å². The largest absolute Gasteiger partial charge is 0.508 e. The van der Waals surface area contributed by atoms with Crippen molar-refractivity contribution in [3.05, 3.63) is 29.8 Å². The second-order valence-electron chi connectivity index (χ2n) is 3.80. The van der Waals surface area contributed by atoms with Crippen LogP contribution in [0, 0.1) is 0 Å². The van der Waals surface area contributed by atoms with E-state index in [0.717, 1.165) is 5.56 Å². The van der Waals surface area contributed by atoms with Crippen LogP contribution in [0.1, 0.15) is 18.9 Å². The quantitative estimate of drug-likeness (QED) is 0.677. The summed E-state index contributed by atoms with van der Waals surface area (Å²) in [6, 6.07) is 6.61. The molecule has 0 aliphatic heterocycles. The van der Waals surface area contributed by atoms with Gasteiger partial charge in [0.1, 0.15) is 11.4 Å². The van der Waals surface area contributed by atoms with Gasteiger partial charge in [-0.05, 0) is 37.5 Å².